The van der Waals surface area contributed by atoms with Crippen LogP contribution in [0.3, 0.4) is 0 Å². The lowest BCUT2D eigenvalue weighted by Crippen LogP contribution is -2.53. The van der Waals surface area contributed by atoms with Crippen molar-refractivity contribution in [2.24, 2.45) is 0 Å². The van der Waals surface area contributed by atoms with Crippen LogP contribution in [0.25, 0.3) is 0 Å². The summed E-state index contributed by atoms with van der Waals surface area (Å²) in [5, 5.41) is 41.3. The van der Waals surface area contributed by atoms with Crippen LogP contribution in [-0.4, -0.2) is 44.1 Å². The summed E-state index contributed by atoms with van der Waals surface area (Å²) in [5.41, 5.74) is -1.96. The molecular formula is C13H19NO5S. The van der Waals surface area contributed by atoms with Crippen LogP contribution in [0.1, 0.15) is 24.9 Å². The van der Waals surface area contributed by atoms with Crippen LogP contribution < -0.4 is 5.32 Å². The minimum absolute atomic E-state index is 0.00218. The Bertz CT molecular complexity index is 462. The fraction of sp³-hybridized carbons (Fsp3) is 0.462. The first-order valence-electron chi connectivity index (χ1n) is 6.05. The second-order valence-electron chi connectivity index (χ2n) is 4.48. The summed E-state index contributed by atoms with van der Waals surface area (Å²) in [5.74, 6) is -1.27. The average Bonchev–Trinajstić information content (AvgIpc) is 2.35. The quantitative estimate of drug-likeness (QED) is 0.482. The molecule has 0 amide bonds. The Kier molecular flexibility index (Phi) is 5.67. The highest BCUT2D eigenvalue weighted by molar-refractivity contribution is 7.98. The third-order valence-corrected chi connectivity index (χ3v) is 3.58. The molecule has 5 N–H and O–H groups in total. The van der Waals surface area contributed by atoms with E-state index in [1.54, 1.807) is 13.2 Å². The molecule has 1 rings (SSSR count). The fourth-order valence-electron chi connectivity index (χ4n) is 1.91. The predicted molar refractivity (Wildman–Crippen MR) is 76.9 cm³/mol. The highest BCUT2D eigenvalue weighted by Crippen LogP contribution is 2.33. The molecule has 7 heteroatoms. The van der Waals surface area contributed by atoms with Crippen LogP contribution in [0, 0.1) is 0 Å². The summed E-state index contributed by atoms with van der Waals surface area (Å²) in [6.45, 7) is 1.56. The molecule has 0 spiro atoms. The topological polar surface area (TPSA) is 110 Å². The van der Waals surface area contributed by atoms with Crippen molar-refractivity contribution >= 4 is 17.7 Å². The molecule has 1 aromatic carbocycles. The number of hydrogen-bond donors (Lipinski definition) is 5. The van der Waals surface area contributed by atoms with E-state index < -0.39 is 17.7 Å². The summed E-state index contributed by atoms with van der Waals surface area (Å²) in [6.07, 6.45) is 1.81. The van der Waals surface area contributed by atoms with Crippen LogP contribution in [0.4, 0.5) is 0 Å². The smallest absolute Gasteiger partial charge is 0.351 e. The number of benzene rings is 1. The Morgan fingerprint density at radius 1 is 1.40 bits per heavy atom. The zero-order valence-corrected chi connectivity index (χ0v) is 12.1. The Labute approximate surface area is 121 Å². The summed E-state index contributed by atoms with van der Waals surface area (Å²) in [6, 6.07) is 3.50. The Morgan fingerprint density at radius 2 is 1.95 bits per heavy atom. The van der Waals surface area contributed by atoms with Gasteiger partial charge >= 0.3 is 5.97 Å². The van der Waals surface area contributed by atoms with Crippen LogP contribution >= 0.6 is 11.8 Å². The van der Waals surface area contributed by atoms with Crippen molar-refractivity contribution in [2.75, 3.05) is 12.0 Å². The number of hydrogen-bond acceptors (Lipinski definition) is 6. The lowest BCUT2D eigenvalue weighted by atomic mass is 10.0. The van der Waals surface area contributed by atoms with Gasteiger partial charge in [-0.05, 0) is 31.1 Å². The zero-order valence-electron chi connectivity index (χ0n) is 11.3. The molecular weight excluding hydrogens is 282 g/mol. The second-order valence-corrected chi connectivity index (χ2v) is 5.47. The van der Waals surface area contributed by atoms with Gasteiger partial charge in [-0.15, -0.1) is 0 Å². The molecule has 2 unspecified atom stereocenters. The van der Waals surface area contributed by atoms with Gasteiger partial charge in [0.15, 0.2) is 0 Å². The first kappa shape index (κ1) is 16.6. The summed E-state index contributed by atoms with van der Waals surface area (Å²) in [7, 11) is 0. The Balaban J connectivity index is 2.96. The monoisotopic (exact) mass is 301 g/mol. The summed E-state index contributed by atoms with van der Waals surface area (Å²) >= 11 is 1.41. The predicted octanol–water partition coefficient (Wildman–Crippen LogP) is 1.27. The third-order valence-electron chi connectivity index (χ3n) is 2.97. The lowest BCUT2D eigenvalue weighted by Gasteiger charge is -2.29. The molecule has 0 aliphatic rings. The van der Waals surface area contributed by atoms with Gasteiger partial charge < -0.3 is 20.4 Å². The molecule has 0 aliphatic carbocycles. The van der Waals surface area contributed by atoms with Crippen molar-refractivity contribution in [1.82, 2.24) is 5.32 Å². The number of aromatic hydroxyl groups is 2. The van der Waals surface area contributed by atoms with Crippen molar-refractivity contribution in [1.29, 1.82) is 0 Å². The molecule has 2 atom stereocenters. The zero-order chi connectivity index (χ0) is 15.3. The van der Waals surface area contributed by atoms with Crippen molar-refractivity contribution < 1.29 is 25.2 Å². The first-order valence-corrected chi connectivity index (χ1v) is 7.44. The van der Waals surface area contributed by atoms with Crippen molar-refractivity contribution in [3.05, 3.63) is 23.8 Å². The van der Waals surface area contributed by atoms with E-state index in [9.17, 15) is 20.1 Å². The van der Waals surface area contributed by atoms with E-state index in [0.717, 1.165) is 0 Å². The number of aliphatic hydroxyl groups is 1. The number of rotatable bonds is 7. The lowest BCUT2D eigenvalue weighted by molar-refractivity contribution is -0.163. The molecule has 112 valence electrons. The highest BCUT2D eigenvalue weighted by atomic mass is 32.2. The van der Waals surface area contributed by atoms with Crippen molar-refractivity contribution in [3.63, 3.8) is 0 Å². The van der Waals surface area contributed by atoms with Gasteiger partial charge in [-0.25, -0.2) is 4.79 Å². The fourth-order valence-corrected chi connectivity index (χ4v) is 2.41. The summed E-state index contributed by atoms with van der Waals surface area (Å²) < 4.78 is 0. The normalized spacial score (nSPS) is 15.6. The van der Waals surface area contributed by atoms with E-state index in [1.807, 2.05) is 0 Å². The van der Waals surface area contributed by atoms with Crippen molar-refractivity contribution in [3.8, 4) is 11.5 Å². The van der Waals surface area contributed by atoms with Gasteiger partial charge in [0.25, 0.3) is 0 Å². The maximum atomic E-state index is 11.2. The first-order chi connectivity index (χ1) is 9.31. The molecule has 0 saturated carbocycles. The van der Waals surface area contributed by atoms with E-state index in [4.69, 9.17) is 5.11 Å². The molecule has 1 aromatic rings. The molecule has 0 radical (unpaired) electrons. The van der Waals surface area contributed by atoms with Gasteiger partial charge in [0, 0.05) is 12.5 Å². The van der Waals surface area contributed by atoms with Gasteiger partial charge in [-0.2, -0.15) is 11.8 Å². The third kappa shape index (κ3) is 3.78. The van der Waals surface area contributed by atoms with Crippen LogP contribution in [-0.2, 0) is 4.79 Å². The SMILES string of the molecule is CSCCC(O)(NC(C)c1c(O)cccc1O)C(=O)O. The molecule has 0 heterocycles. The molecule has 0 fully saturated rings. The van der Waals surface area contributed by atoms with E-state index in [0.29, 0.717) is 5.75 Å². The second kappa shape index (κ2) is 6.83. The number of nitrogens with one attached hydrogen (secondary N) is 1. The van der Waals surface area contributed by atoms with E-state index in [1.165, 1.54) is 30.0 Å². The largest absolute Gasteiger partial charge is 0.507 e. The summed E-state index contributed by atoms with van der Waals surface area (Å²) in [4.78, 5) is 11.2. The number of thioether (sulfide) groups is 1. The van der Waals surface area contributed by atoms with Gasteiger partial charge in [-0.1, -0.05) is 6.07 Å². The average molecular weight is 301 g/mol. The molecule has 0 bridgehead atoms. The molecule has 0 aliphatic heterocycles. The Hall–Kier alpha value is -1.44. The van der Waals surface area contributed by atoms with E-state index in [2.05, 4.69) is 5.32 Å². The maximum Gasteiger partial charge on any atom is 0.351 e. The number of carbonyl (C=O) groups is 1. The van der Waals surface area contributed by atoms with Crippen LogP contribution in [0.5, 0.6) is 11.5 Å². The van der Waals surface area contributed by atoms with Gasteiger partial charge in [0.05, 0.1) is 5.56 Å². The number of aliphatic carboxylic acids is 1. The molecule has 0 aromatic heterocycles. The minimum atomic E-state index is -2.11. The molecule has 20 heavy (non-hydrogen) atoms. The molecule has 0 saturated heterocycles. The Morgan fingerprint density at radius 3 is 2.40 bits per heavy atom. The van der Waals surface area contributed by atoms with Crippen LogP contribution in [0.15, 0.2) is 18.2 Å². The maximum absolute atomic E-state index is 11.2. The van der Waals surface area contributed by atoms with Crippen molar-refractivity contribution in [2.45, 2.75) is 25.1 Å². The van der Waals surface area contributed by atoms with Gasteiger partial charge in [0.2, 0.25) is 5.72 Å². The van der Waals surface area contributed by atoms with E-state index in [-0.39, 0.29) is 23.5 Å². The number of phenolic OH excluding ortho intramolecular Hbond substituents is 2. The number of carboxylic acids is 1. The minimum Gasteiger partial charge on any atom is -0.507 e. The van der Waals surface area contributed by atoms with Gasteiger partial charge in [-0.3, -0.25) is 5.32 Å². The van der Waals surface area contributed by atoms with Gasteiger partial charge in [0.1, 0.15) is 11.5 Å². The standard InChI is InChI=1S/C13H19NO5S/c1-8(11-9(15)4-3-5-10(11)16)14-13(19,12(17)18)6-7-20-2/h3-5,8,14-16,19H,6-7H2,1-2H3,(H,17,18). The molecule has 6 nitrogen and oxygen atoms in total. The number of phenols is 2. The van der Waals surface area contributed by atoms with E-state index >= 15 is 0 Å². The van der Waals surface area contributed by atoms with Crippen LogP contribution in [0.2, 0.25) is 0 Å². The number of carboxylic acid groups (broad SMARTS) is 1. The highest BCUT2D eigenvalue weighted by Gasteiger charge is 2.37.